The van der Waals surface area contributed by atoms with Crippen molar-refractivity contribution in [1.82, 2.24) is 10.2 Å². The smallest absolute Gasteiger partial charge is 0.374 e. The van der Waals surface area contributed by atoms with Gasteiger partial charge in [0.25, 0.3) is 0 Å². The Labute approximate surface area is 185 Å². The SMILES string of the molecule is CCOC(=O)c1oc2ccc(Br)cc2c1CSc1nnc(NC2CCCCC2)s1. The van der Waals surface area contributed by atoms with Gasteiger partial charge in [-0.3, -0.25) is 0 Å². The normalized spacial score (nSPS) is 15.0. The van der Waals surface area contributed by atoms with Crippen molar-refractivity contribution in [3.05, 3.63) is 34.0 Å². The highest BCUT2D eigenvalue weighted by Gasteiger charge is 2.23. The van der Waals surface area contributed by atoms with Crippen LogP contribution < -0.4 is 5.32 Å². The number of hydrogen-bond acceptors (Lipinski definition) is 8. The molecule has 1 aliphatic rings. The van der Waals surface area contributed by atoms with Gasteiger partial charge in [-0.25, -0.2) is 4.79 Å². The summed E-state index contributed by atoms with van der Waals surface area (Å²) in [6.07, 6.45) is 6.27. The van der Waals surface area contributed by atoms with Crippen LogP contribution in [0.3, 0.4) is 0 Å². The van der Waals surface area contributed by atoms with Gasteiger partial charge in [0.1, 0.15) is 5.58 Å². The summed E-state index contributed by atoms with van der Waals surface area (Å²) in [5, 5.41) is 13.9. The van der Waals surface area contributed by atoms with E-state index in [9.17, 15) is 4.79 Å². The van der Waals surface area contributed by atoms with Crippen LogP contribution in [-0.4, -0.2) is 28.8 Å². The van der Waals surface area contributed by atoms with Gasteiger partial charge in [0.2, 0.25) is 10.9 Å². The van der Waals surface area contributed by atoms with Gasteiger partial charge in [0, 0.05) is 27.2 Å². The number of nitrogens with zero attached hydrogens (tertiary/aromatic N) is 2. The largest absolute Gasteiger partial charge is 0.460 e. The fourth-order valence-electron chi connectivity index (χ4n) is 3.51. The third kappa shape index (κ3) is 4.95. The van der Waals surface area contributed by atoms with Gasteiger partial charge in [0.15, 0.2) is 4.34 Å². The molecule has 1 fully saturated rings. The van der Waals surface area contributed by atoms with E-state index in [1.807, 2.05) is 18.2 Å². The van der Waals surface area contributed by atoms with E-state index in [4.69, 9.17) is 9.15 Å². The third-order valence-corrected chi connectivity index (χ3v) is 7.40. The lowest BCUT2D eigenvalue weighted by atomic mass is 9.96. The van der Waals surface area contributed by atoms with Gasteiger partial charge in [-0.2, -0.15) is 0 Å². The van der Waals surface area contributed by atoms with Crippen LogP contribution >= 0.6 is 39.0 Å². The summed E-state index contributed by atoms with van der Waals surface area (Å²) in [6.45, 7) is 2.09. The first-order valence-electron chi connectivity index (χ1n) is 9.75. The summed E-state index contributed by atoms with van der Waals surface area (Å²) in [6, 6.07) is 6.22. The number of carbonyl (C=O) groups is 1. The lowest BCUT2D eigenvalue weighted by molar-refractivity contribution is 0.0491. The van der Waals surface area contributed by atoms with Crippen LogP contribution in [-0.2, 0) is 10.5 Å². The number of hydrogen-bond donors (Lipinski definition) is 1. The van der Waals surface area contributed by atoms with Crippen molar-refractivity contribution in [2.75, 3.05) is 11.9 Å². The first-order chi connectivity index (χ1) is 14.1. The maximum atomic E-state index is 12.4. The summed E-state index contributed by atoms with van der Waals surface area (Å²) in [5.74, 6) is 0.375. The number of furan rings is 1. The second-order valence-electron chi connectivity index (χ2n) is 6.91. The molecule has 0 atom stereocenters. The van der Waals surface area contributed by atoms with Crippen molar-refractivity contribution in [2.45, 2.75) is 55.2 Å². The molecule has 0 radical (unpaired) electrons. The Morgan fingerprint density at radius 3 is 2.97 bits per heavy atom. The Balaban J connectivity index is 1.51. The Morgan fingerprint density at radius 1 is 1.34 bits per heavy atom. The summed E-state index contributed by atoms with van der Waals surface area (Å²) < 4.78 is 12.8. The lowest BCUT2D eigenvalue weighted by Gasteiger charge is -2.21. The van der Waals surface area contributed by atoms with E-state index in [0.717, 1.165) is 24.9 Å². The minimum atomic E-state index is -0.438. The average molecular weight is 496 g/mol. The fourth-order valence-corrected chi connectivity index (χ4v) is 5.73. The van der Waals surface area contributed by atoms with Crippen LogP contribution in [0.5, 0.6) is 0 Å². The Morgan fingerprint density at radius 2 is 2.17 bits per heavy atom. The molecule has 1 aliphatic carbocycles. The van der Waals surface area contributed by atoms with Gasteiger partial charge in [-0.15, -0.1) is 10.2 Å². The molecule has 0 saturated heterocycles. The summed E-state index contributed by atoms with van der Waals surface area (Å²) >= 11 is 6.61. The lowest BCUT2D eigenvalue weighted by Crippen LogP contribution is -2.21. The van der Waals surface area contributed by atoms with Crippen LogP contribution in [0, 0.1) is 0 Å². The summed E-state index contributed by atoms with van der Waals surface area (Å²) in [5.41, 5.74) is 1.49. The molecular formula is C20H22BrN3O3S2. The van der Waals surface area contributed by atoms with Gasteiger partial charge < -0.3 is 14.5 Å². The molecule has 6 nitrogen and oxygen atoms in total. The van der Waals surface area contributed by atoms with Crippen molar-refractivity contribution in [1.29, 1.82) is 0 Å². The number of thioether (sulfide) groups is 1. The second-order valence-corrected chi connectivity index (χ2v) is 10.0. The minimum Gasteiger partial charge on any atom is -0.460 e. The van der Waals surface area contributed by atoms with Gasteiger partial charge in [-0.1, -0.05) is 58.3 Å². The molecule has 1 N–H and O–H groups in total. The highest BCUT2D eigenvalue weighted by Crippen LogP contribution is 2.36. The number of halogens is 1. The topological polar surface area (TPSA) is 77.2 Å². The highest BCUT2D eigenvalue weighted by atomic mass is 79.9. The number of esters is 1. The number of carbonyl (C=O) groups excluding carboxylic acids is 1. The first-order valence-corrected chi connectivity index (χ1v) is 12.3. The van der Waals surface area contributed by atoms with Gasteiger partial charge >= 0.3 is 5.97 Å². The molecule has 154 valence electrons. The highest BCUT2D eigenvalue weighted by molar-refractivity contribution is 9.10. The van der Waals surface area contributed by atoms with E-state index in [1.165, 1.54) is 32.1 Å². The molecule has 0 bridgehead atoms. The summed E-state index contributed by atoms with van der Waals surface area (Å²) in [7, 11) is 0. The Hall–Kier alpha value is -1.58. The maximum Gasteiger partial charge on any atom is 0.374 e. The molecular weight excluding hydrogens is 474 g/mol. The van der Waals surface area contributed by atoms with E-state index >= 15 is 0 Å². The van der Waals surface area contributed by atoms with Crippen LogP contribution in [0.1, 0.15) is 55.1 Å². The van der Waals surface area contributed by atoms with E-state index in [0.29, 0.717) is 24.0 Å². The predicted molar refractivity (Wildman–Crippen MR) is 120 cm³/mol. The van der Waals surface area contributed by atoms with E-state index in [-0.39, 0.29) is 5.76 Å². The molecule has 0 unspecified atom stereocenters. The number of nitrogens with one attached hydrogen (secondary N) is 1. The zero-order valence-corrected chi connectivity index (χ0v) is 19.3. The quantitative estimate of drug-likeness (QED) is 0.306. The average Bonchev–Trinajstić information content (AvgIpc) is 3.31. The molecule has 9 heteroatoms. The monoisotopic (exact) mass is 495 g/mol. The zero-order chi connectivity index (χ0) is 20.2. The predicted octanol–water partition coefficient (Wildman–Crippen LogP) is 6.26. The Bertz CT molecular complexity index is 998. The molecule has 3 aromatic rings. The zero-order valence-electron chi connectivity index (χ0n) is 16.1. The van der Waals surface area contributed by atoms with Crippen LogP contribution in [0.2, 0.25) is 0 Å². The molecule has 0 amide bonds. The van der Waals surface area contributed by atoms with E-state index in [1.54, 1.807) is 30.0 Å². The van der Waals surface area contributed by atoms with Crippen molar-refractivity contribution in [3.63, 3.8) is 0 Å². The van der Waals surface area contributed by atoms with Crippen molar-refractivity contribution >= 4 is 61.1 Å². The molecule has 4 rings (SSSR count). The number of rotatable bonds is 7. The van der Waals surface area contributed by atoms with Crippen molar-refractivity contribution < 1.29 is 13.9 Å². The van der Waals surface area contributed by atoms with Crippen molar-refractivity contribution in [3.8, 4) is 0 Å². The van der Waals surface area contributed by atoms with Crippen molar-refractivity contribution in [2.24, 2.45) is 0 Å². The minimum absolute atomic E-state index is 0.262. The number of aromatic nitrogens is 2. The van der Waals surface area contributed by atoms with Crippen LogP contribution in [0.4, 0.5) is 5.13 Å². The molecule has 1 aromatic carbocycles. The van der Waals surface area contributed by atoms with Crippen LogP contribution in [0.15, 0.2) is 31.4 Å². The second kappa shape index (κ2) is 9.49. The number of fused-ring (bicyclic) bond motifs is 1. The fraction of sp³-hybridized carbons (Fsp3) is 0.450. The molecule has 0 spiro atoms. The van der Waals surface area contributed by atoms with Gasteiger partial charge in [-0.05, 0) is 38.0 Å². The number of ether oxygens (including phenoxy) is 1. The standard InChI is InChI=1S/C20H22BrN3O3S2/c1-2-26-18(25)17-15(14-10-12(21)8-9-16(14)27-17)11-28-20-24-23-19(29-20)22-13-6-4-3-5-7-13/h8-10,13H,2-7,11H2,1H3,(H,22,23). The van der Waals surface area contributed by atoms with Gasteiger partial charge in [0.05, 0.1) is 6.61 Å². The number of benzene rings is 1. The molecule has 2 aromatic heterocycles. The molecule has 1 saturated carbocycles. The van der Waals surface area contributed by atoms with E-state index < -0.39 is 5.97 Å². The molecule has 29 heavy (non-hydrogen) atoms. The molecule has 0 aliphatic heterocycles. The molecule has 2 heterocycles. The number of anilines is 1. The van der Waals surface area contributed by atoms with E-state index in [2.05, 4.69) is 31.4 Å². The third-order valence-electron chi connectivity index (χ3n) is 4.89. The van der Waals surface area contributed by atoms with Crippen LogP contribution in [0.25, 0.3) is 11.0 Å². The maximum absolute atomic E-state index is 12.4. The first kappa shape index (κ1) is 20.7. The summed E-state index contributed by atoms with van der Waals surface area (Å²) in [4.78, 5) is 12.4. The Kier molecular flexibility index (Phi) is 6.77.